The van der Waals surface area contributed by atoms with Crippen LogP contribution in [0.1, 0.15) is 78.6 Å². The Kier molecular flexibility index (Phi) is 25.2. The summed E-state index contributed by atoms with van der Waals surface area (Å²) in [6, 6.07) is 0. The molecule has 1 atom stereocenters. The summed E-state index contributed by atoms with van der Waals surface area (Å²) in [6.07, 6.45) is 32.8. The van der Waals surface area contributed by atoms with E-state index in [0.29, 0.717) is 30.5 Å². The third-order valence-electron chi connectivity index (χ3n) is 5.82. The zero-order valence-electron chi connectivity index (χ0n) is 27.7. The van der Waals surface area contributed by atoms with E-state index in [1.807, 2.05) is 21.1 Å². The van der Waals surface area contributed by atoms with Gasteiger partial charge in [-0.3, -0.25) is 9.59 Å². The first-order valence-corrected chi connectivity index (χ1v) is 18.0. The van der Waals surface area contributed by atoms with E-state index in [0.717, 1.165) is 50.7 Å². The first-order chi connectivity index (χ1) is 20.4. The SMILES string of the molecule is CC/C=C\C/C=C\C/C=C\C/C=C\C/C=C\C/C=C\CCC(=O)NCCSSC(C)(C)CNC(=O)CC(O)C[N+](C)(C)C. The number of amides is 2. The van der Waals surface area contributed by atoms with Gasteiger partial charge >= 0.3 is 0 Å². The number of nitrogens with zero attached hydrogens (tertiary/aromatic N) is 1. The molecule has 0 fully saturated rings. The topological polar surface area (TPSA) is 78.4 Å². The van der Waals surface area contributed by atoms with Crippen molar-refractivity contribution in [2.45, 2.75) is 89.4 Å². The van der Waals surface area contributed by atoms with Crippen molar-refractivity contribution in [1.29, 1.82) is 0 Å². The molecular weight excluding hydrogens is 575 g/mol. The van der Waals surface area contributed by atoms with Gasteiger partial charge in [-0.2, -0.15) is 0 Å². The van der Waals surface area contributed by atoms with Crippen LogP contribution in [0.4, 0.5) is 0 Å². The quantitative estimate of drug-likeness (QED) is 0.0425. The fourth-order valence-electron chi connectivity index (χ4n) is 3.70. The van der Waals surface area contributed by atoms with E-state index < -0.39 is 6.10 Å². The lowest BCUT2D eigenvalue weighted by Gasteiger charge is -2.27. The molecule has 0 aromatic rings. The van der Waals surface area contributed by atoms with Gasteiger partial charge in [-0.25, -0.2) is 0 Å². The number of quaternary nitrogens is 1. The van der Waals surface area contributed by atoms with Crippen molar-refractivity contribution < 1.29 is 19.2 Å². The molecule has 0 aromatic heterocycles. The van der Waals surface area contributed by atoms with Crippen LogP contribution in [0.5, 0.6) is 0 Å². The molecule has 3 N–H and O–H groups in total. The third-order valence-corrected chi connectivity index (χ3v) is 9.11. The minimum absolute atomic E-state index is 0.0732. The lowest BCUT2D eigenvalue weighted by atomic mass is 10.2. The average molecular weight is 635 g/mol. The van der Waals surface area contributed by atoms with Crippen LogP contribution in [0.2, 0.25) is 0 Å². The fourth-order valence-corrected chi connectivity index (χ4v) is 6.05. The molecular formula is C35H60N3O3S2+. The Morgan fingerprint density at radius 2 is 1.26 bits per heavy atom. The van der Waals surface area contributed by atoms with E-state index in [1.54, 1.807) is 21.6 Å². The van der Waals surface area contributed by atoms with Crippen molar-refractivity contribution in [3.05, 3.63) is 72.9 Å². The van der Waals surface area contributed by atoms with E-state index >= 15 is 0 Å². The molecule has 0 aliphatic heterocycles. The van der Waals surface area contributed by atoms with Crippen LogP contribution in [0.15, 0.2) is 72.9 Å². The molecule has 0 rings (SSSR count). The van der Waals surface area contributed by atoms with Crippen molar-refractivity contribution in [2.75, 3.05) is 46.5 Å². The van der Waals surface area contributed by atoms with E-state index in [2.05, 4.69) is 104 Å². The maximum absolute atomic E-state index is 12.2. The summed E-state index contributed by atoms with van der Waals surface area (Å²) in [5, 5.41) is 16.0. The number of aliphatic hydroxyl groups excluding tert-OH is 1. The minimum atomic E-state index is -0.645. The second kappa shape index (κ2) is 26.4. The number of carbonyl (C=O) groups excluding carboxylic acids is 2. The lowest BCUT2D eigenvalue weighted by molar-refractivity contribution is -0.873. The van der Waals surface area contributed by atoms with Crippen LogP contribution in [0.3, 0.4) is 0 Å². The third kappa shape index (κ3) is 31.2. The molecule has 43 heavy (non-hydrogen) atoms. The number of likely N-dealkylation sites (N-methyl/N-ethyl adjacent to an activating group) is 1. The Bertz CT molecular complexity index is 916. The van der Waals surface area contributed by atoms with Crippen molar-refractivity contribution >= 4 is 33.4 Å². The Balaban J connectivity index is 3.79. The molecule has 1 unspecified atom stereocenters. The monoisotopic (exact) mass is 634 g/mol. The van der Waals surface area contributed by atoms with Gasteiger partial charge in [0.2, 0.25) is 11.8 Å². The van der Waals surface area contributed by atoms with Crippen LogP contribution in [-0.2, 0) is 9.59 Å². The molecule has 6 nitrogen and oxygen atoms in total. The summed E-state index contributed by atoms with van der Waals surface area (Å²) in [4.78, 5) is 24.2. The number of carbonyl (C=O) groups is 2. The van der Waals surface area contributed by atoms with Gasteiger partial charge < -0.3 is 20.2 Å². The molecule has 0 heterocycles. The Morgan fingerprint density at radius 3 is 1.74 bits per heavy atom. The first-order valence-electron chi connectivity index (χ1n) is 15.7. The molecule has 0 bridgehead atoms. The van der Waals surface area contributed by atoms with E-state index in [1.165, 1.54) is 0 Å². The molecule has 0 saturated carbocycles. The van der Waals surface area contributed by atoms with Gasteiger partial charge in [-0.15, -0.1) is 0 Å². The molecule has 0 spiro atoms. The van der Waals surface area contributed by atoms with E-state index in [-0.39, 0.29) is 23.0 Å². The van der Waals surface area contributed by atoms with Gasteiger partial charge in [0.15, 0.2) is 0 Å². The van der Waals surface area contributed by atoms with Crippen molar-refractivity contribution in [1.82, 2.24) is 10.6 Å². The summed E-state index contributed by atoms with van der Waals surface area (Å²) in [5.41, 5.74) is 0. The average Bonchev–Trinajstić information content (AvgIpc) is 2.92. The minimum Gasteiger partial charge on any atom is -0.387 e. The highest BCUT2D eigenvalue weighted by Gasteiger charge is 2.22. The van der Waals surface area contributed by atoms with Crippen LogP contribution < -0.4 is 10.6 Å². The predicted molar refractivity (Wildman–Crippen MR) is 191 cm³/mol. The summed E-state index contributed by atoms with van der Waals surface area (Å²) < 4.78 is 0.469. The zero-order valence-corrected chi connectivity index (χ0v) is 29.4. The fraction of sp³-hybridized carbons (Fsp3) is 0.600. The van der Waals surface area contributed by atoms with Crippen molar-refractivity contribution in [3.63, 3.8) is 0 Å². The second-order valence-corrected chi connectivity index (χ2v) is 15.2. The van der Waals surface area contributed by atoms with Gasteiger partial charge in [-0.05, 0) is 58.8 Å². The van der Waals surface area contributed by atoms with Gasteiger partial charge in [0.1, 0.15) is 12.6 Å². The number of hydrogen-bond acceptors (Lipinski definition) is 5. The molecule has 0 radical (unpaired) electrons. The first kappa shape index (κ1) is 41.0. The highest BCUT2D eigenvalue weighted by atomic mass is 33.1. The molecule has 0 aromatic carbocycles. The number of rotatable bonds is 25. The van der Waals surface area contributed by atoms with E-state index in [9.17, 15) is 14.7 Å². The second-order valence-electron chi connectivity index (χ2n) is 12.1. The number of nitrogens with one attached hydrogen (secondary N) is 2. The van der Waals surface area contributed by atoms with E-state index in [4.69, 9.17) is 0 Å². The molecule has 2 amide bonds. The van der Waals surface area contributed by atoms with Gasteiger partial charge in [0.05, 0.1) is 27.6 Å². The largest absolute Gasteiger partial charge is 0.387 e. The van der Waals surface area contributed by atoms with Gasteiger partial charge in [-0.1, -0.05) is 101 Å². The molecule has 244 valence electrons. The normalized spacial score (nSPS) is 13.9. The highest BCUT2D eigenvalue weighted by molar-refractivity contribution is 8.77. The standard InChI is InChI=1S/C35H59N3O3S2/c1-7-8-9-10-11-12-13-14-15-16-17-18-19-20-21-22-23-24-25-26-33(40)36-27-28-42-43-35(2,3)31-37-34(41)29-32(39)30-38(4,5)6/h8-9,11-12,14-15,17-18,20-21,23-24,32,39H,7,10,13,16,19,22,25-31H2,1-6H3,(H-,36,37,40,41)/p+1/b9-8-,12-11-,15-14-,18-17-,21-20-,24-23-. The Labute approximate surface area is 271 Å². The Hall–Kier alpha value is -2.00. The molecule has 0 aliphatic carbocycles. The molecule has 8 heteroatoms. The predicted octanol–water partition coefficient (Wildman–Crippen LogP) is 7.31. The number of allylic oxidation sites excluding steroid dienone is 12. The van der Waals surface area contributed by atoms with Crippen LogP contribution in [0.25, 0.3) is 0 Å². The summed E-state index contributed by atoms with van der Waals surface area (Å²) >= 11 is 0. The van der Waals surface area contributed by atoms with Crippen LogP contribution >= 0.6 is 21.6 Å². The van der Waals surface area contributed by atoms with Crippen molar-refractivity contribution in [2.24, 2.45) is 0 Å². The molecule has 0 saturated heterocycles. The highest BCUT2D eigenvalue weighted by Crippen LogP contribution is 2.34. The maximum Gasteiger partial charge on any atom is 0.222 e. The maximum atomic E-state index is 12.2. The van der Waals surface area contributed by atoms with Gasteiger partial charge in [0, 0.05) is 30.0 Å². The van der Waals surface area contributed by atoms with Crippen LogP contribution in [0, 0.1) is 0 Å². The number of hydrogen-bond donors (Lipinski definition) is 3. The smallest absolute Gasteiger partial charge is 0.222 e. The Morgan fingerprint density at radius 1 is 0.767 bits per heavy atom. The number of aliphatic hydroxyl groups is 1. The van der Waals surface area contributed by atoms with Gasteiger partial charge in [0.25, 0.3) is 0 Å². The van der Waals surface area contributed by atoms with Crippen LogP contribution in [-0.4, -0.2) is 78.8 Å². The summed E-state index contributed by atoms with van der Waals surface area (Å²) in [5.74, 6) is 0.749. The molecule has 0 aliphatic rings. The summed E-state index contributed by atoms with van der Waals surface area (Å²) in [7, 11) is 9.37. The summed E-state index contributed by atoms with van der Waals surface area (Å²) in [6.45, 7) is 8.00. The zero-order chi connectivity index (χ0) is 32.2. The van der Waals surface area contributed by atoms with Crippen molar-refractivity contribution in [3.8, 4) is 0 Å². The lowest BCUT2D eigenvalue weighted by Crippen LogP contribution is -2.44.